The Bertz CT molecular complexity index is 967. The standard InChI is InChI=1S/C24H27ClFN3O/c1-4-20(5-2)29-15-22(12-24(29)30)28(14-18-10-19(26)8-6-16(18)3)21-9-7-17(13-27)23(25)11-21/h6-11,20,22H,4-5,12,14-15H2,1-3H3/t22-/m0/s1. The van der Waals surface area contributed by atoms with Gasteiger partial charge in [-0.05, 0) is 61.2 Å². The Hall–Kier alpha value is -2.58. The summed E-state index contributed by atoms with van der Waals surface area (Å²) in [6, 6.07) is 12.3. The molecule has 0 radical (unpaired) electrons. The van der Waals surface area contributed by atoms with Gasteiger partial charge in [0.25, 0.3) is 0 Å². The monoisotopic (exact) mass is 427 g/mol. The molecular weight excluding hydrogens is 401 g/mol. The summed E-state index contributed by atoms with van der Waals surface area (Å²) in [6.45, 7) is 7.23. The van der Waals surface area contributed by atoms with Crippen LogP contribution in [0, 0.1) is 24.1 Å². The van der Waals surface area contributed by atoms with Crippen molar-refractivity contribution in [1.82, 2.24) is 4.90 Å². The molecule has 0 aromatic heterocycles. The van der Waals surface area contributed by atoms with Crippen molar-refractivity contribution in [2.75, 3.05) is 11.4 Å². The van der Waals surface area contributed by atoms with Crippen LogP contribution in [0.25, 0.3) is 0 Å². The third-order valence-corrected chi connectivity index (χ3v) is 6.33. The minimum absolute atomic E-state index is 0.0511. The highest BCUT2D eigenvalue weighted by Gasteiger charge is 2.36. The molecule has 0 saturated carbocycles. The van der Waals surface area contributed by atoms with E-state index in [9.17, 15) is 14.4 Å². The third-order valence-electron chi connectivity index (χ3n) is 6.02. The maximum Gasteiger partial charge on any atom is 0.225 e. The number of nitrogens with zero attached hydrogens (tertiary/aromatic N) is 3. The highest BCUT2D eigenvalue weighted by molar-refractivity contribution is 6.32. The summed E-state index contributed by atoms with van der Waals surface area (Å²) in [4.78, 5) is 16.9. The van der Waals surface area contributed by atoms with E-state index in [-0.39, 0.29) is 23.8 Å². The first-order valence-corrected chi connectivity index (χ1v) is 10.8. The molecule has 2 aromatic carbocycles. The Morgan fingerprint density at radius 2 is 2.00 bits per heavy atom. The summed E-state index contributed by atoms with van der Waals surface area (Å²) in [7, 11) is 0. The number of anilines is 1. The lowest BCUT2D eigenvalue weighted by atomic mass is 10.1. The molecule has 0 unspecified atom stereocenters. The van der Waals surface area contributed by atoms with Crippen LogP contribution in [0.15, 0.2) is 36.4 Å². The lowest BCUT2D eigenvalue weighted by Gasteiger charge is -2.33. The van der Waals surface area contributed by atoms with Gasteiger partial charge in [0.1, 0.15) is 11.9 Å². The molecule has 3 rings (SSSR count). The highest BCUT2D eigenvalue weighted by Crippen LogP contribution is 2.31. The van der Waals surface area contributed by atoms with Gasteiger partial charge in [-0.2, -0.15) is 5.26 Å². The zero-order valence-electron chi connectivity index (χ0n) is 17.7. The average molecular weight is 428 g/mol. The van der Waals surface area contributed by atoms with E-state index in [2.05, 4.69) is 24.8 Å². The zero-order chi connectivity index (χ0) is 21.8. The number of carbonyl (C=O) groups is 1. The van der Waals surface area contributed by atoms with Gasteiger partial charge in [-0.25, -0.2) is 4.39 Å². The van der Waals surface area contributed by atoms with E-state index in [1.165, 1.54) is 6.07 Å². The van der Waals surface area contributed by atoms with Crippen LogP contribution < -0.4 is 4.90 Å². The van der Waals surface area contributed by atoms with Crippen LogP contribution >= 0.6 is 11.6 Å². The van der Waals surface area contributed by atoms with E-state index in [0.717, 1.165) is 29.7 Å². The Morgan fingerprint density at radius 3 is 2.63 bits per heavy atom. The summed E-state index contributed by atoms with van der Waals surface area (Å²) >= 11 is 6.31. The van der Waals surface area contributed by atoms with Gasteiger partial charge in [-0.1, -0.05) is 31.5 Å². The molecule has 1 aliphatic rings. The van der Waals surface area contributed by atoms with Crippen molar-refractivity contribution < 1.29 is 9.18 Å². The van der Waals surface area contributed by atoms with Crippen molar-refractivity contribution in [2.24, 2.45) is 0 Å². The number of benzene rings is 2. The lowest BCUT2D eigenvalue weighted by molar-refractivity contribution is -0.129. The second-order valence-electron chi connectivity index (χ2n) is 7.85. The van der Waals surface area contributed by atoms with Crippen molar-refractivity contribution in [2.45, 2.75) is 58.7 Å². The van der Waals surface area contributed by atoms with Crippen LogP contribution in [-0.2, 0) is 11.3 Å². The van der Waals surface area contributed by atoms with E-state index in [1.807, 2.05) is 17.9 Å². The summed E-state index contributed by atoms with van der Waals surface area (Å²) in [6.07, 6.45) is 2.24. The van der Waals surface area contributed by atoms with Crippen molar-refractivity contribution in [3.63, 3.8) is 0 Å². The quantitative estimate of drug-likeness (QED) is 0.589. The molecule has 4 nitrogen and oxygen atoms in total. The fourth-order valence-corrected chi connectivity index (χ4v) is 4.42. The second-order valence-corrected chi connectivity index (χ2v) is 8.26. The molecule has 0 N–H and O–H groups in total. The average Bonchev–Trinajstić information content (AvgIpc) is 3.10. The first-order valence-electron chi connectivity index (χ1n) is 10.4. The molecule has 0 aliphatic carbocycles. The summed E-state index contributed by atoms with van der Waals surface area (Å²) in [5.41, 5.74) is 3.08. The molecule has 1 fully saturated rings. The Balaban J connectivity index is 1.98. The molecule has 1 saturated heterocycles. The van der Waals surface area contributed by atoms with E-state index in [4.69, 9.17) is 11.6 Å². The SMILES string of the molecule is CCC(CC)N1C[C@@H](N(Cc2cc(F)ccc2C)c2ccc(C#N)c(Cl)c2)CC1=O. The number of hydrogen-bond acceptors (Lipinski definition) is 3. The van der Waals surface area contributed by atoms with Gasteiger partial charge in [0, 0.05) is 31.2 Å². The second kappa shape index (κ2) is 9.49. The molecule has 1 amide bonds. The zero-order valence-corrected chi connectivity index (χ0v) is 18.4. The van der Waals surface area contributed by atoms with Crippen molar-refractivity contribution >= 4 is 23.2 Å². The van der Waals surface area contributed by atoms with Crippen molar-refractivity contribution in [3.8, 4) is 6.07 Å². The molecular formula is C24H27ClFN3O. The van der Waals surface area contributed by atoms with E-state index in [0.29, 0.717) is 30.1 Å². The van der Waals surface area contributed by atoms with Crippen LogP contribution in [0.3, 0.4) is 0 Å². The van der Waals surface area contributed by atoms with Crippen LogP contribution in [0.1, 0.15) is 49.8 Å². The number of carbonyl (C=O) groups excluding carboxylic acids is 1. The van der Waals surface area contributed by atoms with Gasteiger partial charge in [0.05, 0.1) is 16.6 Å². The van der Waals surface area contributed by atoms with E-state index >= 15 is 0 Å². The van der Waals surface area contributed by atoms with Gasteiger partial charge >= 0.3 is 0 Å². The maximum absolute atomic E-state index is 13.9. The largest absolute Gasteiger partial charge is 0.362 e. The van der Waals surface area contributed by atoms with Gasteiger partial charge in [0.15, 0.2) is 0 Å². The van der Waals surface area contributed by atoms with Crippen molar-refractivity contribution in [1.29, 1.82) is 5.26 Å². The number of hydrogen-bond donors (Lipinski definition) is 0. The summed E-state index contributed by atoms with van der Waals surface area (Å²) in [5, 5.41) is 9.58. The molecule has 0 bridgehead atoms. The van der Waals surface area contributed by atoms with Crippen LogP contribution in [0.4, 0.5) is 10.1 Å². The number of halogens is 2. The Morgan fingerprint density at radius 1 is 1.27 bits per heavy atom. The smallest absolute Gasteiger partial charge is 0.225 e. The number of rotatable bonds is 7. The molecule has 1 heterocycles. The third kappa shape index (κ3) is 4.60. The first-order chi connectivity index (χ1) is 14.4. The molecule has 30 heavy (non-hydrogen) atoms. The van der Waals surface area contributed by atoms with E-state index < -0.39 is 0 Å². The summed E-state index contributed by atoms with van der Waals surface area (Å²) < 4.78 is 13.9. The number of aryl methyl sites for hydroxylation is 1. The normalized spacial score (nSPS) is 16.2. The summed E-state index contributed by atoms with van der Waals surface area (Å²) in [5.74, 6) is -0.135. The molecule has 6 heteroatoms. The molecule has 2 aromatic rings. The van der Waals surface area contributed by atoms with Crippen LogP contribution in [0.2, 0.25) is 5.02 Å². The Labute approximate surface area is 182 Å². The van der Waals surface area contributed by atoms with Crippen molar-refractivity contribution in [3.05, 3.63) is 63.9 Å². The highest BCUT2D eigenvalue weighted by atomic mass is 35.5. The predicted molar refractivity (Wildman–Crippen MR) is 118 cm³/mol. The van der Waals surface area contributed by atoms with Gasteiger partial charge in [-0.3, -0.25) is 4.79 Å². The number of nitriles is 1. The van der Waals surface area contributed by atoms with Crippen LogP contribution in [-0.4, -0.2) is 29.4 Å². The van der Waals surface area contributed by atoms with Crippen LogP contribution in [0.5, 0.6) is 0 Å². The Kier molecular flexibility index (Phi) is 6.99. The van der Waals surface area contributed by atoms with E-state index in [1.54, 1.807) is 24.3 Å². The molecule has 0 spiro atoms. The minimum atomic E-state index is -0.283. The minimum Gasteiger partial charge on any atom is -0.362 e. The predicted octanol–water partition coefficient (Wildman–Crippen LogP) is 5.46. The fourth-order valence-electron chi connectivity index (χ4n) is 4.20. The molecule has 158 valence electrons. The van der Waals surface area contributed by atoms with Gasteiger partial charge in [-0.15, -0.1) is 0 Å². The lowest BCUT2D eigenvalue weighted by Crippen LogP contribution is -2.40. The maximum atomic E-state index is 13.9. The first kappa shape index (κ1) is 22.1. The van der Waals surface area contributed by atoms with Gasteiger partial charge < -0.3 is 9.80 Å². The number of likely N-dealkylation sites (tertiary alicyclic amines) is 1. The molecule has 1 aliphatic heterocycles. The topological polar surface area (TPSA) is 47.3 Å². The molecule has 1 atom stereocenters. The number of amides is 1. The van der Waals surface area contributed by atoms with Gasteiger partial charge in [0.2, 0.25) is 5.91 Å². The fraction of sp³-hybridized carbons (Fsp3) is 0.417.